The van der Waals surface area contributed by atoms with E-state index in [1.165, 1.54) is 61.9 Å². The highest BCUT2D eigenvalue weighted by atomic mass is 16.7. The minimum Gasteiger partial charge on any atom is -0.258 e. The Morgan fingerprint density at radius 2 is 0.826 bits per heavy atom. The fourth-order valence-corrected chi connectivity index (χ4v) is 3.52. The van der Waals surface area contributed by atoms with Crippen LogP contribution in [0.4, 0.5) is 34.1 Å². The zero-order chi connectivity index (χ0) is 35.1. The Kier molecular flexibility index (Phi) is 14.1. The molecule has 4 rings (SSSR count). The molecule has 0 N–H and O–H groups in total. The summed E-state index contributed by atoms with van der Waals surface area (Å²) in [5, 5.41) is 62.2. The second-order valence-electron chi connectivity index (χ2n) is 9.09. The molecule has 46 heavy (non-hydrogen) atoms. The number of benzene rings is 4. The quantitative estimate of drug-likeness (QED) is 0.147. The molecule has 240 valence electrons. The van der Waals surface area contributed by atoms with Gasteiger partial charge in [0.1, 0.15) is 5.56 Å². The maximum absolute atomic E-state index is 10.4. The summed E-state index contributed by atoms with van der Waals surface area (Å²) < 4.78 is 0. The van der Waals surface area contributed by atoms with E-state index in [-0.39, 0.29) is 28.3 Å². The van der Waals surface area contributed by atoms with Gasteiger partial charge < -0.3 is 0 Å². The van der Waals surface area contributed by atoms with Gasteiger partial charge in [-0.05, 0) is 39.3 Å². The van der Waals surface area contributed by atoms with Gasteiger partial charge in [0.15, 0.2) is 0 Å². The lowest BCUT2D eigenvalue weighted by atomic mass is 10.1. The summed E-state index contributed by atoms with van der Waals surface area (Å²) in [6.45, 7) is 6.47. The van der Waals surface area contributed by atoms with Crippen molar-refractivity contribution in [1.82, 2.24) is 0 Å². The van der Waals surface area contributed by atoms with Gasteiger partial charge in [0.2, 0.25) is 0 Å². The highest BCUT2D eigenvalue weighted by molar-refractivity contribution is 5.57. The van der Waals surface area contributed by atoms with Crippen LogP contribution in [0, 0.1) is 88.4 Å². The van der Waals surface area contributed by atoms with Gasteiger partial charge in [-0.15, -0.1) is 0 Å². The maximum atomic E-state index is 10.4. The van der Waals surface area contributed by atoms with Crippen LogP contribution in [0.15, 0.2) is 84.9 Å². The standard InChI is InChI=1S/3C7H6N2O4.C7H8/c1-5-2-6(8(10)11)4-7(3-5)9(12)13;1-5-6(8(10)11)3-2-4-7(5)9(12)13;1-5-3-2-4-6(8(10)11)7(5)9(12)13;1-7-5-3-2-4-6-7/h3*2-4H,1H3;2-6H,1H3. The summed E-state index contributed by atoms with van der Waals surface area (Å²) in [6.07, 6.45) is 0. The number of nitro groups is 6. The van der Waals surface area contributed by atoms with E-state index in [0.717, 1.165) is 12.1 Å². The molecule has 0 aliphatic rings. The molecule has 0 saturated carbocycles. The maximum Gasteiger partial charge on any atom is 0.348 e. The third-order valence-electron chi connectivity index (χ3n) is 5.67. The number of hydrogen-bond acceptors (Lipinski definition) is 12. The average Bonchev–Trinajstić information content (AvgIpc) is 2.97. The molecule has 18 heteroatoms. The van der Waals surface area contributed by atoms with E-state index in [1.54, 1.807) is 6.92 Å². The minimum absolute atomic E-state index is 0.0810. The van der Waals surface area contributed by atoms with Gasteiger partial charge in [-0.3, -0.25) is 60.7 Å². The molecule has 4 aromatic rings. The monoisotopic (exact) mass is 638 g/mol. The Morgan fingerprint density at radius 3 is 1.15 bits per heavy atom. The van der Waals surface area contributed by atoms with E-state index < -0.39 is 40.9 Å². The first kappa shape index (κ1) is 37.3. The van der Waals surface area contributed by atoms with Crippen LogP contribution in [-0.2, 0) is 0 Å². The van der Waals surface area contributed by atoms with Gasteiger partial charge >= 0.3 is 11.4 Å². The van der Waals surface area contributed by atoms with Crippen molar-refractivity contribution in [3.05, 3.63) is 168 Å². The predicted octanol–water partition coefficient (Wildman–Crippen LogP) is 7.43. The molecule has 4 aromatic carbocycles. The molecule has 0 amide bonds. The molecule has 0 aromatic heterocycles. The number of para-hydroxylation sites is 1. The molecule has 0 spiro atoms. The average molecular weight is 639 g/mol. The first-order valence-corrected chi connectivity index (χ1v) is 12.7. The normalized spacial score (nSPS) is 9.48. The van der Waals surface area contributed by atoms with Crippen LogP contribution in [-0.4, -0.2) is 29.5 Å². The van der Waals surface area contributed by atoms with Gasteiger partial charge in [-0.1, -0.05) is 48.0 Å². The molecule has 0 unspecified atom stereocenters. The molecule has 0 fully saturated rings. The molecular weight excluding hydrogens is 612 g/mol. The number of hydrogen-bond donors (Lipinski definition) is 0. The van der Waals surface area contributed by atoms with Crippen LogP contribution in [0.2, 0.25) is 0 Å². The second kappa shape index (κ2) is 17.4. The van der Waals surface area contributed by atoms with Crippen molar-refractivity contribution in [2.24, 2.45) is 0 Å². The van der Waals surface area contributed by atoms with Crippen molar-refractivity contribution in [3.8, 4) is 0 Å². The summed E-state index contributed by atoms with van der Waals surface area (Å²) in [4.78, 5) is 58.1. The van der Waals surface area contributed by atoms with E-state index in [9.17, 15) is 60.7 Å². The molecule has 0 aliphatic heterocycles. The lowest BCUT2D eigenvalue weighted by Crippen LogP contribution is -1.98. The number of non-ortho nitro benzene ring substituents is 2. The lowest BCUT2D eigenvalue weighted by molar-refractivity contribution is -0.422. The van der Waals surface area contributed by atoms with Crippen molar-refractivity contribution >= 4 is 34.1 Å². The van der Waals surface area contributed by atoms with Gasteiger partial charge in [-0.2, -0.15) is 0 Å². The summed E-state index contributed by atoms with van der Waals surface area (Å²) in [7, 11) is 0. The van der Waals surface area contributed by atoms with Crippen molar-refractivity contribution in [1.29, 1.82) is 0 Å². The van der Waals surface area contributed by atoms with Crippen molar-refractivity contribution < 1.29 is 29.5 Å². The van der Waals surface area contributed by atoms with Crippen LogP contribution >= 0.6 is 0 Å². The SMILES string of the molecule is Cc1c([N+](=O)[O-])cccc1[N+](=O)[O-].Cc1cc([N+](=O)[O-])cc([N+](=O)[O-])c1.Cc1cccc([N+](=O)[O-])c1[N+](=O)[O-].Cc1ccccc1. The minimum atomic E-state index is -0.759. The van der Waals surface area contributed by atoms with Crippen LogP contribution in [0.3, 0.4) is 0 Å². The number of nitro benzene ring substituents is 6. The Balaban J connectivity index is 0.000000313. The third-order valence-corrected chi connectivity index (χ3v) is 5.67. The van der Waals surface area contributed by atoms with Crippen LogP contribution in [0.25, 0.3) is 0 Å². The molecule has 0 atom stereocenters. The summed E-state index contributed by atoms with van der Waals surface area (Å²) in [6, 6.07) is 21.5. The Labute approximate surface area is 259 Å². The molecule has 0 heterocycles. The fourth-order valence-electron chi connectivity index (χ4n) is 3.52. The molecule has 0 bridgehead atoms. The van der Waals surface area contributed by atoms with Crippen LogP contribution in [0.1, 0.15) is 22.3 Å². The molecule has 0 radical (unpaired) electrons. The van der Waals surface area contributed by atoms with E-state index >= 15 is 0 Å². The van der Waals surface area contributed by atoms with Gasteiger partial charge in [0.05, 0.1) is 35.6 Å². The predicted molar refractivity (Wildman–Crippen MR) is 165 cm³/mol. The molecule has 18 nitrogen and oxygen atoms in total. The van der Waals surface area contributed by atoms with Crippen LogP contribution in [0.5, 0.6) is 0 Å². The Morgan fingerprint density at radius 1 is 0.413 bits per heavy atom. The number of rotatable bonds is 6. The molecule has 0 saturated heterocycles. The molecular formula is C28H26N6O12. The highest BCUT2D eigenvalue weighted by Gasteiger charge is 2.25. The van der Waals surface area contributed by atoms with E-state index in [4.69, 9.17) is 0 Å². The summed E-state index contributed by atoms with van der Waals surface area (Å²) in [5.41, 5.74) is 0.319. The van der Waals surface area contributed by atoms with Gasteiger partial charge in [0.25, 0.3) is 22.7 Å². The highest BCUT2D eigenvalue weighted by Crippen LogP contribution is 2.29. The zero-order valence-corrected chi connectivity index (χ0v) is 24.7. The molecule has 0 aliphatic carbocycles. The Bertz CT molecular complexity index is 1700. The summed E-state index contributed by atoms with van der Waals surface area (Å²) in [5.74, 6) is 0. The Hall–Kier alpha value is -6.72. The van der Waals surface area contributed by atoms with Crippen LogP contribution < -0.4 is 0 Å². The first-order chi connectivity index (χ1) is 21.5. The van der Waals surface area contributed by atoms with E-state index in [1.807, 2.05) is 18.2 Å². The van der Waals surface area contributed by atoms with Crippen molar-refractivity contribution in [2.45, 2.75) is 27.7 Å². The lowest BCUT2D eigenvalue weighted by Gasteiger charge is -1.96. The second-order valence-corrected chi connectivity index (χ2v) is 9.09. The number of nitrogens with zero attached hydrogens (tertiary/aromatic N) is 6. The van der Waals surface area contributed by atoms with E-state index in [0.29, 0.717) is 11.1 Å². The van der Waals surface area contributed by atoms with Gasteiger partial charge in [0, 0.05) is 35.9 Å². The largest absolute Gasteiger partial charge is 0.348 e. The van der Waals surface area contributed by atoms with Crippen molar-refractivity contribution in [2.75, 3.05) is 0 Å². The zero-order valence-electron chi connectivity index (χ0n) is 24.7. The third kappa shape index (κ3) is 11.5. The topological polar surface area (TPSA) is 259 Å². The first-order valence-electron chi connectivity index (χ1n) is 12.7. The van der Waals surface area contributed by atoms with Gasteiger partial charge in [-0.25, -0.2) is 0 Å². The fraction of sp³-hybridized carbons (Fsp3) is 0.143. The van der Waals surface area contributed by atoms with E-state index in [2.05, 4.69) is 19.1 Å². The summed E-state index contributed by atoms with van der Waals surface area (Å²) >= 11 is 0. The number of aryl methyl sites for hydroxylation is 3. The van der Waals surface area contributed by atoms with Crippen molar-refractivity contribution in [3.63, 3.8) is 0 Å². The smallest absolute Gasteiger partial charge is 0.258 e.